The first kappa shape index (κ1) is 45.7. The van der Waals surface area contributed by atoms with Crippen molar-refractivity contribution >= 4 is 34.8 Å². The molecule has 4 N–H and O–H groups in total. The summed E-state index contributed by atoms with van der Waals surface area (Å²) in [4.78, 5) is 74.1. The molecule has 0 bridgehead atoms. The lowest BCUT2D eigenvalue weighted by molar-refractivity contribution is -0.137. The summed E-state index contributed by atoms with van der Waals surface area (Å²) in [5.41, 5.74) is 6.42. The molecule has 4 aliphatic heterocycles. The van der Waals surface area contributed by atoms with Gasteiger partial charge in [0.25, 0.3) is 5.91 Å². The molecule has 10 rings (SSSR count). The molecule has 0 spiro atoms. The van der Waals surface area contributed by atoms with Crippen molar-refractivity contribution in [1.29, 1.82) is 0 Å². The molecular formula is C53H58N8O8. The molecule has 0 saturated carbocycles. The number of fused-ring (bicyclic) bond motifs is 1. The maximum atomic E-state index is 14.3. The van der Waals surface area contributed by atoms with Crippen LogP contribution in [0.15, 0.2) is 103 Å². The number of H-pyrrole nitrogens is 2. The monoisotopic (exact) mass is 934 g/mol. The Morgan fingerprint density at radius 1 is 0.681 bits per heavy atom. The normalized spacial score (nSPS) is 19.8. The number of benzene rings is 4. The van der Waals surface area contributed by atoms with E-state index < -0.39 is 24.3 Å². The van der Waals surface area contributed by atoms with Crippen LogP contribution in [0, 0.1) is 5.92 Å². The van der Waals surface area contributed by atoms with Gasteiger partial charge < -0.3 is 49.3 Å². The largest absolute Gasteiger partial charge is 0.453 e. The third-order valence-electron chi connectivity index (χ3n) is 14.1. The van der Waals surface area contributed by atoms with Crippen molar-refractivity contribution < 1.29 is 38.1 Å². The van der Waals surface area contributed by atoms with Gasteiger partial charge in [-0.2, -0.15) is 0 Å². The number of alkyl carbamates (subject to hydrolysis) is 2. The summed E-state index contributed by atoms with van der Waals surface area (Å²) in [5.74, 6) is 1.08. The summed E-state index contributed by atoms with van der Waals surface area (Å²) in [5, 5.41) is 7.87. The van der Waals surface area contributed by atoms with Gasteiger partial charge in [-0.05, 0) is 89.6 Å². The number of nitrogens with one attached hydrogen (secondary N) is 4. The van der Waals surface area contributed by atoms with Gasteiger partial charge in [-0.3, -0.25) is 9.59 Å². The van der Waals surface area contributed by atoms with E-state index in [-0.39, 0.29) is 35.9 Å². The summed E-state index contributed by atoms with van der Waals surface area (Å²) >= 11 is 0. The summed E-state index contributed by atoms with van der Waals surface area (Å²) in [6, 6.07) is 28.3. The molecule has 0 radical (unpaired) electrons. The first-order valence-corrected chi connectivity index (χ1v) is 24.2. The molecule has 1 unspecified atom stereocenters. The van der Waals surface area contributed by atoms with Crippen molar-refractivity contribution in [3.63, 3.8) is 0 Å². The number of carbonyl (C=O) groups excluding carboxylic acids is 4. The predicted octanol–water partition coefficient (Wildman–Crippen LogP) is 8.41. The van der Waals surface area contributed by atoms with Gasteiger partial charge in [0.15, 0.2) is 0 Å². The van der Waals surface area contributed by atoms with Gasteiger partial charge in [-0.1, -0.05) is 78.9 Å². The number of aromatic nitrogens is 4. The first-order chi connectivity index (χ1) is 33.8. The summed E-state index contributed by atoms with van der Waals surface area (Å²) < 4.78 is 21.5. The van der Waals surface area contributed by atoms with Crippen molar-refractivity contribution in [2.24, 2.45) is 5.92 Å². The quantitative estimate of drug-likeness (QED) is 0.0926. The van der Waals surface area contributed by atoms with E-state index >= 15 is 0 Å². The highest BCUT2D eigenvalue weighted by Crippen LogP contribution is 2.37. The van der Waals surface area contributed by atoms with Crippen LogP contribution in [-0.2, 0) is 28.5 Å². The predicted molar refractivity (Wildman–Crippen MR) is 257 cm³/mol. The highest BCUT2D eigenvalue weighted by Gasteiger charge is 2.41. The standard InChI is InChI=1S/C53H58N8O8/c1-66-52(64)58-47(36-19-25-67-26-20-36)51(63)61-24-6-10-45(61)49-55-32-43(57-49)40-18-17-38-29-37(15-16-39(38)30-40)33-11-13-34(14-12-33)42-31-54-48(56-42)44-9-5-23-60(44)50(62)46(35-7-3-2-4-8-35)59-53(65)69-41-21-27-68-28-22-41/h2-4,7-8,11-18,29-32,36,41,44-47H,5-6,9-10,19-28H2,1H3,(H,54,56)(H,55,57)(H,58,64)(H,59,65)/t44-,45?,46-,47-/m0/s1. The Bertz CT molecular complexity index is 2760. The molecule has 2 aromatic heterocycles. The zero-order valence-corrected chi connectivity index (χ0v) is 38.7. The number of carbonyl (C=O) groups is 4. The molecule has 16 nitrogen and oxygen atoms in total. The Labute approximate surface area is 400 Å². The molecule has 4 saturated heterocycles. The summed E-state index contributed by atoms with van der Waals surface area (Å²) in [7, 11) is 1.31. The number of hydrogen-bond acceptors (Lipinski definition) is 10. The molecule has 69 heavy (non-hydrogen) atoms. The number of rotatable bonds is 12. The second-order valence-corrected chi connectivity index (χ2v) is 18.4. The number of amides is 4. The molecule has 0 aliphatic carbocycles. The maximum Gasteiger partial charge on any atom is 0.408 e. The molecule has 6 heterocycles. The van der Waals surface area contributed by atoms with Crippen LogP contribution < -0.4 is 10.6 Å². The van der Waals surface area contributed by atoms with Gasteiger partial charge in [0, 0.05) is 50.9 Å². The van der Waals surface area contributed by atoms with Crippen molar-refractivity contribution in [3.05, 3.63) is 121 Å². The van der Waals surface area contributed by atoms with Crippen LogP contribution in [0.3, 0.4) is 0 Å². The smallest absolute Gasteiger partial charge is 0.408 e. The molecule has 4 fully saturated rings. The number of imidazole rings is 2. The van der Waals surface area contributed by atoms with Crippen LogP contribution in [0.5, 0.6) is 0 Å². The Balaban J connectivity index is 0.797. The highest BCUT2D eigenvalue weighted by molar-refractivity contribution is 5.91. The molecule has 16 heteroatoms. The van der Waals surface area contributed by atoms with E-state index in [4.69, 9.17) is 28.9 Å². The van der Waals surface area contributed by atoms with Crippen molar-refractivity contribution in [1.82, 2.24) is 40.4 Å². The van der Waals surface area contributed by atoms with Gasteiger partial charge in [0.05, 0.1) is 50.0 Å². The van der Waals surface area contributed by atoms with Crippen molar-refractivity contribution in [2.45, 2.75) is 81.6 Å². The lowest BCUT2D eigenvalue weighted by Gasteiger charge is -2.34. The summed E-state index contributed by atoms with van der Waals surface area (Å²) in [6.07, 6.45) is 8.06. The van der Waals surface area contributed by atoms with Gasteiger partial charge in [-0.15, -0.1) is 0 Å². The molecular weight excluding hydrogens is 877 g/mol. The van der Waals surface area contributed by atoms with Crippen LogP contribution in [0.4, 0.5) is 9.59 Å². The number of methoxy groups -OCH3 is 1. The fourth-order valence-corrected chi connectivity index (χ4v) is 10.4. The number of nitrogens with zero attached hydrogens (tertiary/aromatic N) is 4. The number of aromatic amines is 2. The summed E-state index contributed by atoms with van der Waals surface area (Å²) in [6.45, 7) is 3.33. The maximum absolute atomic E-state index is 14.3. The Hall–Kier alpha value is -7.04. The number of hydrogen-bond donors (Lipinski definition) is 4. The molecule has 6 aromatic rings. The van der Waals surface area contributed by atoms with E-state index in [2.05, 4.69) is 81.3 Å². The SMILES string of the molecule is COC(=O)N[C@H](C(=O)N1CCCC1c1nc(-c2ccc3cc(-c4ccc(-c5cnc([C@@H]6CCCN6C(=O)[C@@H](NC(=O)OC6CCOCC6)c6ccccc6)[nH]5)cc4)ccc3c2)c[nH]1)C1CCOCC1. The minimum Gasteiger partial charge on any atom is -0.453 e. The van der Waals surface area contributed by atoms with Crippen molar-refractivity contribution in [2.75, 3.05) is 46.6 Å². The van der Waals surface area contributed by atoms with E-state index in [0.29, 0.717) is 76.6 Å². The van der Waals surface area contributed by atoms with Crippen LogP contribution in [0.25, 0.3) is 44.4 Å². The zero-order valence-electron chi connectivity index (χ0n) is 38.7. The van der Waals surface area contributed by atoms with Crippen LogP contribution >= 0.6 is 0 Å². The topological polar surface area (TPSA) is 193 Å². The first-order valence-electron chi connectivity index (χ1n) is 24.2. The zero-order chi connectivity index (χ0) is 47.3. The Morgan fingerprint density at radius 2 is 1.30 bits per heavy atom. The second kappa shape index (κ2) is 20.7. The highest BCUT2D eigenvalue weighted by atomic mass is 16.6. The van der Waals surface area contributed by atoms with Gasteiger partial charge >= 0.3 is 12.2 Å². The van der Waals surface area contributed by atoms with E-state index in [1.807, 2.05) is 52.5 Å². The Kier molecular flexibility index (Phi) is 13.7. The molecule has 4 aliphatic rings. The Morgan fingerprint density at radius 3 is 2.01 bits per heavy atom. The van der Waals surface area contributed by atoms with E-state index in [1.165, 1.54) is 7.11 Å². The lowest BCUT2D eigenvalue weighted by atomic mass is 9.90. The average Bonchev–Trinajstić information content (AvgIpc) is 4.26. The van der Waals surface area contributed by atoms with E-state index in [1.54, 1.807) is 0 Å². The molecule has 4 aromatic carbocycles. The lowest BCUT2D eigenvalue weighted by Crippen LogP contribution is -2.53. The van der Waals surface area contributed by atoms with Gasteiger partial charge in [-0.25, -0.2) is 19.6 Å². The number of ether oxygens (including phenoxy) is 4. The second-order valence-electron chi connectivity index (χ2n) is 18.4. The third kappa shape index (κ3) is 10.1. The van der Waals surface area contributed by atoms with E-state index in [0.717, 1.165) is 75.9 Å². The van der Waals surface area contributed by atoms with E-state index in [9.17, 15) is 19.2 Å². The van der Waals surface area contributed by atoms with Crippen LogP contribution in [-0.4, -0.2) is 113 Å². The van der Waals surface area contributed by atoms with Crippen LogP contribution in [0.2, 0.25) is 0 Å². The minimum absolute atomic E-state index is 0.0325. The number of likely N-dealkylation sites (tertiary alicyclic amines) is 2. The third-order valence-corrected chi connectivity index (χ3v) is 14.1. The fraction of sp³-hybridized carbons (Fsp3) is 0.396. The molecule has 358 valence electrons. The van der Waals surface area contributed by atoms with Crippen molar-refractivity contribution in [3.8, 4) is 33.6 Å². The molecule has 4 amide bonds. The minimum atomic E-state index is -0.905. The molecule has 4 atom stereocenters. The van der Waals surface area contributed by atoms with Gasteiger partial charge in [0.2, 0.25) is 5.91 Å². The van der Waals surface area contributed by atoms with Gasteiger partial charge in [0.1, 0.15) is 29.8 Å². The average molecular weight is 935 g/mol. The fourth-order valence-electron chi connectivity index (χ4n) is 10.4. The van der Waals surface area contributed by atoms with Crippen LogP contribution in [0.1, 0.15) is 86.7 Å².